The molecule has 1 aromatic carbocycles. The number of piperidine rings is 1. The van der Waals surface area contributed by atoms with E-state index in [9.17, 15) is 9.90 Å². The van der Waals surface area contributed by atoms with Crippen LogP contribution in [0.1, 0.15) is 23.6 Å². The van der Waals surface area contributed by atoms with Gasteiger partial charge in [-0.3, -0.25) is 9.69 Å². The summed E-state index contributed by atoms with van der Waals surface area (Å²) < 4.78 is 7.65. The number of nitrogens with zero attached hydrogens (tertiary/aromatic N) is 2. The van der Waals surface area contributed by atoms with Gasteiger partial charge in [0.05, 0.1) is 0 Å². The molecule has 26 heavy (non-hydrogen) atoms. The zero-order valence-corrected chi connectivity index (χ0v) is 15.2. The molecule has 0 saturated carbocycles. The van der Waals surface area contributed by atoms with Gasteiger partial charge in [-0.2, -0.15) is 0 Å². The van der Waals surface area contributed by atoms with E-state index >= 15 is 0 Å². The zero-order chi connectivity index (χ0) is 18.1. The van der Waals surface area contributed by atoms with E-state index in [1.807, 2.05) is 41.8 Å². The molecule has 2 aliphatic rings. The lowest BCUT2D eigenvalue weighted by Crippen LogP contribution is -2.49. The van der Waals surface area contributed by atoms with Crippen LogP contribution in [0.3, 0.4) is 0 Å². The highest BCUT2D eigenvalue weighted by Crippen LogP contribution is 2.34. The van der Waals surface area contributed by atoms with Crippen LogP contribution in [0.15, 0.2) is 47.3 Å². The number of aromatic nitrogens is 1. The first-order valence-electron chi connectivity index (χ1n) is 9.38. The second kappa shape index (κ2) is 7.25. The van der Waals surface area contributed by atoms with Crippen molar-refractivity contribution in [3.05, 3.63) is 64.1 Å². The first kappa shape index (κ1) is 17.3. The Balaban J connectivity index is 1.35. The van der Waals surface area contributed by atoms with Gasteiger partial charge in [0, 0.05) is 43.9 Å². The van der Waals surface area contributed by atoms with Crippen molar-refractivity contribution in [2.75, 3.05) is 26.2 Å². The Morgan fingerprint density at radius 1 is 1.15 bits per heavy atom. The van der Waals surface area contributed by atoms with Crippen LogP contribution in [0.4, 0.5) is 0 Å². The number of rotatable bonds is 5. The van der Waals surface area contributed by atoms with Gasteiger partial charge in [-0.25, -0.2) is 0 Å². The van der Waals surface area contributed by atoms with E-state index in [0.29, 0.717) is 25.0 Å². The Labute approximate surface area is 153 Å². The van der Waals surface area contributed by atoms with Crippen LogP contribution in [-0.4, -0.2) is 46.9 Å². The standard InChI is InChI=1S/C21H26N2O3/c1-15-5-7-19(8-6-15)26-14-18(24)13-22-10-16-9-17(12-22)20-3-2-4-21(25)23(20)11-16/h2-8,16-18,24H,9-14H2,1H3/t16-,17-,18-/m1/s1. The highest BCUT2D eigenvalue weighted by atomic mass is 16.5. The fraction of sp³-hybridized carbons (Fsp3) is 0.476. The summed E-state index contributed by atoms with van der Waals surface area (Å²) in [6, 6.07) is 13.5. The number of likely N-dealkylation sites (tertiary alicyclic amines) is 1. The summed E-state index contributed by atoms with van der Waals surface area (Å²) in [5.74, 6) is 1.65. The van der Waals surface area contributed by atoms with Crippen molar-refractivity contribution >= 4 is 0 Å². The lowest BCUT2D eigenvalue weighted by atomic mass is 9.83. The van der Waals surface area contributed by atoms with Gasteiger partial charge >= 0.3 is 0 Å². The summed E-state index contributed by atoms with van der Waals surface area (Å²) in [5, 5.41) is 10.4. The van der Waals surface area contributed by atoms with Crippen molar-refractivity contribution < 1.29 is 9.84 Å². The highest BCUT2D eigenvalue weighted by molar-refractivity contribution is 5.26. The molecule has 138 valence electrons. The third-order valence-electron chi connectivity index (χ3n) is 5.49. The Morgan fingerprint density at radius 2 is 1.96 bits per heavy atom. The van der Waals surface area contributed by atoms with E-state index in [1.165, 1.54) is 5.56 Å². The smallest absolute Gasteiger partial charge is 0.250 e. The number of aliphatic hydroxyl groups is 1. The van der Waals surface area contributed by atoms with Crippen LogP contribution in [0.25, 0.3) is 0 Å². The molecular weight excluding hydrogens is 328 g/mol. The van der Waals surface area contributed by atoms with Crippen molar-refractivity contribution in [3.63, 3.8) is 0 Å². The fourth-order valence-corrected chi connectivity index (χ4v) is 4.32. The van der Waals surface area contributed by atoms with Crippen molar-refractivity contribution in [2.45, 2.75) is 31.9 Å². The van der Waals surface area contributed by atoms with Crippen LogP contribution in [0.5, 0.6) is 5.75 Å². The number of aliphatic hydroxyl groups excluding tert-OH is 1. The highest BCUT2D eigenvalue weighted by Gasteiger charge is 2.34. The summed E-state index contributed by atoms with van der Waals surface area (Å²) in [4.78, 5) is 14.4. The molecule has 3 heterocycles. The van der Waals surface area contributed by atoms with Crippen LogP contribution in [0.2, 0.25) is 0 Å². The van der Waals surface area contributed by atoms with Gasteiger partial charge in [0.25, 0.3) is 5.56 Å². The van der Waals surface area contributed by atoms with E-state index in [-0.39, 0.29) is 5.56 Å². The van der Waals surface area contributed by atoms with Crippen molar-refractivity contribution in [1.29, 1.82) is 0 Å². The van der Waals surface area contributed by atoms with Crippen molar-refractivity contribution in [1.82, 2.24) is 9.47 Å². The minimum absolute atomic E-state index is 0.109. The van der Waals surface area contributed by atoms with Gasteiger partial charge in [-0.1, -0.05) is 23.8 Å². The molecule has 5 heteroatoms. The third-order valence-corrected chi connectivity index (χ3v) is 5.49. The maximum Gasteiger partial charge on any atom is 0.250 e. The summed E-state index contributed by atoms with van der Waals surface area (Å²) in [7, 11) is 0. The molecule has 2 aromatic rings. The second-order valence-corrected chi connectivity index (χ2v) is 7.69. The van der Waals surface area contributed by atoms with E-state index in [0.717, 1.165) is 37.5 Å². The monoisotopic (exact) mass is 354 g/mol. The molecule has 5 nitrogen and oxygen atoms in total. The molecule has 2 bridgehead atoms. The van der Waals surface area contributed by atoms with Gasteiger partial charge in [0.15, 0.2) is 0 Å². The third kappa shape index (κ3) is 3.69. The predicted octanol–water partition coefficient (Wildman–Crippen LogP) is 2.02. The molecular formula is C21H26N2O3. The van der Waals surface area contributed by atoms with Gasteiger partial charge in [0.1, 0.15) is 18.5 Å². The Morgan fingerprint density at radius 3 is 2.77 bits per heavy atom. The molecule has 1 saturated heterocycles. The number of benzene rings is 1. The van der Waals surface area contributed by atoms with Gasteiger partial charge in [0.2, 0.25) is 0 Å². The van der Waals surface area contributed by atoms with Crippen LogP contribution < -0.4 is 10.3 Å². The largest absolute Gasteiger partial charge is 0.491 e. The number of ether oxygens (including phenoxy) is 1. The number of hydrogen-bond acceptors (Lipinski definition) is 4. The molecule has 1 N–H and O–H groups in total. The summed E-state index contributed by atoms with van der Waals surface area (Å²) in [6.45, 7) is 5.55. The first-order valence-corrected chi connectivity index (χ1v) is 9.38. The molecule has 2 aliphatic heterocycles. The number of aryl methyl sites for hydroxylation is 1. The van der Waals surface area contributed by atoms with Crippen LogP contribution in [0, 0.1) is 12.8 Å². The molecule has 0 unspecified atom stereocenters. The Kier molecular flexibility index (Phi) is 4.83. The molecule has 4 rings (SSSR count). The van der Waals surface area contributed by atoms with Crippen molar-refractivity contribution in [2.24, 2.45) is 5.92 Å². The molecule has 0 amide bonds. The SMILES string of the molecule is Cc1ccc(OC[C@H](O)CN2C[C@H]3C[C@H](C2)c2cccc(=O)n2C3)cc1. The zero-order valence-electron chi connectivity index (χ0n) is 15.2. The average Bonchev–Trinajstić information content (AvgIpc) is 2.62. The maximum atomic E-state index is 12.1. The summed E-state index contributed by atoms with van der Waals surface area (Å²) in [5.41, 5.74) is 2.44. The number of β-amino-alcohol motifs (C(OH)–C–C–N with tert-alkyl or cyclic N) is 1. The maximum absolute atomic E-state index is 12.1. The Bertz CT molecular complexity index is 815. The minimum atomic E-state index is -0.520. The summed E-state index contributed by atoms with van der Waals surface area (Å²) >= 11 is 0. The molecule has 1 fully saturated rings. The second-order valence-electron chi connectivity index (χ2n) is 7.69. The fourth-order valence-electron chi connectivity index (χ4n) is 4.32. The topological polar surface area (TPSA) is 54.7 Å². The lowest BCUT2D eigenvalue weighted by Gasteiger charge is -2.43. The van der Waals surface area contributed by atoms with Crippen LogP contribution >= 0.6 is 0 Å². The Hall–Kier alpha value is -2.11. The van der Waals surface area contributed by atoms with E-state index in [2.05, 4.69) is 11.0 Å². The number of pyridine rings is 1. The lowest BCUT2D eigenvalue weighted by molar-refractivity contribution is 0.0384. The molecule has 0 spiro atoms. The first-order chi connectivity index (χ1) is 12.6. The summed E-state index contributed by atoms with van der Waals surface area (Å²) in [6.07, 6.45) is 0.615. The molecule has 3 atom stereocenters. The predicted molar refractivity (Wildman–Crippen MR) is 101 cm³/mol. The van der Waals surface area contributed by atoms with Gasteiger partial charge in [-0.15, -0.1) is 0 Å². The average molecular weight is 354 g/mol. The molecule has 0 radical (unpaired) electrons. The van der Waals surface area contributed by atoms with E-state index in [1.54, 1.807) is 6.07 Å². The minimum Gasteiger partial charge on any atom is -0.491 e. The molecule has 1 aromatic heterocycles. The quantitative estimate of drug-likeness (QED) is 0.893. The number of hydrogen-bond donors (Lipinski definition) is 1. The van der Waals surface area contributed by atoms with E-state index < -0.39 is 6.10 Å². The molecule has 0 aliphatic carbocycles. The van der Waals surface area contributed by atoms with Gasteiger partial charge < -0.3 is 14.4 Å². The van der Waals surface area contributed by atoms with Crippen molar-refractivity contribution in [3.8, 4) is 5.75 Å². The van der Waals surface area contributed by atoms with Gasteiger partial charge in [-0.05, 0) is 37.5 Å². The van der Waals surface area contributed by atoms with E-state index in [4.69, 9.17) is 4.74 Å². The number of fused-ring (bicyclic) bond motifs is 4. The van der Waals surface area contributed by atoms with Crippen LogP contribution in [-0.2, 0) is 6.54 Å². The normalized spacial score (nSPS) is 23.3.